The number of aromatic amines is 1. The molecule has 0 bridgehead atoms. The summed E-state index contributed by atoms with van der Waals surface area (Å²) in [6, 6.07) is 1.12. The van der Waals surface area contributed by atoms with Crippen molar-refractivity contribution in [2.45, 2.75) is 24.4 Å². The molecule has 0 spiro atoms. The predicted molar refractivity (Wildman–Crippen MR) is 64.4 cm³/mol. The van der Waals surface area contributed by atoms with Gasteiger partial charge in [0, 0.05) is 19.5 Å². The number of aromatic nitrogens is 2. The van der Waals surface area contributed by atoms with Gasteiger partial charge in [-0.3, -0.25) is 5.10 Å². The topological polar surface area (TPSA) is 92.1 Å². The van der Waals surface area contributed by atoms with Gasteiger partial charge in [0.15, 0.2) is 5.03 Å². The second kappa shape index (κ2) is 4.89. The van der Waals surface area contributed by atoms with Crippen LogP contribution in [0, 0.1) is 0 Å². The highest BCUT2D eigenvalue weighted by molar-refractivity contribution is 7.89. The Bertz CT molecular complexity index is 454. The third kappa shape index (κ3) is 2.77. The lowest BCUT2D eigenvalue weighted by Gasteiger charge is -2.22. The molecule has 0 amide bonds. The highest BCUT2D eigenvalue weighted by atomic mass is 32.2. The normalized spacial score (nSPS) is 13.9. The van der Waals surface area contributed by atoms with Crippen molar-refractivity contribution >= 4 is 27.2 Å². The van der Waals surface area contributed by atoms with Crippen LogP contribution in [0.15, 0.2) is 17.3 Å². The van der Waals surface area contributed by atoms with E-state index in [1.807, 2.05) is 0 Å². The van der Waals surface area contributed by atoms with Crippen LogP contribution in [0.5, 0.6) is 0 Å². The lowest BCUT2D eigenvalue weighted by atomic mass is 10.2. The van der Waals surface area contributed by atoms with E-state index >= 15 is 0 Å². The molecule has 1 heterocycles. The molecule has 1 unspecified atom stereocenters. The first-order valence-corrected chi connectivity index (χ1v) is 6.46. The summed E-state index contributed by atoms with van der Waals surface area (Å²) < 4.78 is 25.2. The fourth-order valence-corrected chi connectivity index (χ4v) is 2.70. The molecule has 1 aromatic heterocycles. The minimum absolute atomic E-state index is 0.0600. The van der Waals surface area contributed by atoms with Gasteiger partial charge in [0.25, 0.3) is 10.0 Å². The predicted octanol–water partition coefficient (Wildman–Crippen LogP) is 0.0949. The first kappa shape index (κ1) is 13.1. The van der Waals surface area contributed by atoms with Gasteiger partial charge in [-0.05, 0) is 13.0 Å². The van der Waals surface area contributed by atoms with Crippen LogP contribution in [0.1, 0.15) is 13.3 Å². The molecule has 0 aromatic carbocycles. The maximum absolute atomic E-state index is 12.0. The van der Waals surface area contributed by atoms with Gasteiger partial charge >= 0.3 is 0 Å². The molecule has 0 aliphatic heterocycles. The third-order valence-corrected chi connectivity index (χ3v) is 4.32. The van der Waals surface area contributed by atoms with Crippen molar-refractivity contribution in [3.63, 3.8) is 0 Å². The highest BCUT2D eigenvalue weighted by Gasteiger charge is 2.26. The Morgan fingerprint density at radius 3 is 2.81 bits per heavy atom. The molecular weight excluding hydrogens is 248 g/mol. The summed E-state index contributed by atoms with van der Waals surface area (Å²) in [5, 5.41) is 6.09. The van der Waals surface area contributed by atoms with Crippen molar-refractivity contribution in [3.8, 4) is 0 Å². The molecule has 8 heteroatoms. The SMILES string of the molecule is CC(CC(N)=S)N(C)S(=O)(=O)c1ccn[nH]1. The lowest BCUT2D eigenvalue weighted by Crippen LogP contribution is -2.37. The fraction of sp³-hybridized carbons (Fsp3) is 0.500. The molecule has 0 aliphatic carbocycles. The molecule has 6 nitrogen and oxygen atoms in total. The second-order valence-electron chi connectivity index (χ2n) is 3.46. The van der Waals surface area contributed by atoms with E-state index in [0.717, 1.165) is 0 Å². The van der Waals surface area contributed by atoms with Gasteiger partial charge < -0.3 is 5.73 Å². The minimum Gasteiger partial charge on any atom is -0.393 e. The van der Waals surface area contributed by atoms with E-state index in [4.69, 9.17) is 18.0 Å². The summed E-state index contributed by atoms with van der Waals surface area (Å²) in [5.74, 6) is 0. The largest absolute Gasteiger partial charge is 0.393 e. The summed E-state index contributed by atoms with van der Waals surface area (Å²) in [6.45, 7) is 1.74. The Hall–Kier alpha value is -0.990. The van der Waals surface area contributed by atoms with Crippen LogP contribution < -0.4 is 5.73 Å². The van der Waals surface area contributed by atoms with Gasteiger partial charge in [-0.15, -0.1) is 0 Å². The van der Waals surface area contributed by atoms with Gasteiger partial charge in [-0.1, -0.05) is 12.2 Å². The quantitative estimate of drug-likeness (QED) is 0.734. The van der Waals surface area contributed by atoms with Crippen LogP contribution in [0.3, 0.4) is 0 Å². The molecule has 0 aliphatic rings. The summed E-state index contributed by atoms with van der Waals surface area (Å²) in [6.07, 6.45) is 1.73. The van der Waals surface area contributed by atoms with Crippen molar-refractivity contribution < 1.29 is 8.42 Å². The van der Waals surface area contributed by atoms with Crippen LogP contribution in [0.25, 0.3) is 0 Å². The smallest absolute Gasteiger partial charge is 0.259 e. The third-order valence-electron chi connectivity index (χ3n) is 2.25. The summed E-state index contributed by atoms with van der Waals surface area (Å²) >= 11 is 4.75. The number of nitrogens with two attached hydrogens (primary N) is 1. The van der Waals surface area contributed by atoms with Crippen molar-refractivity contribution in [2.24, 2.45) is 5.73 Å². The molecule has 1 aromatic rings. The molecule has 1 atom stereocenters. The van der Waals surface area contributed by atoms with E-state index in [-0.39, 0.29) is 11.1 Å². The number of thiocarbonyl (C=S) groups is 1. The Morgan fingerprint density at radius 2 is 2.38 bits per heavy atom. The van der Waals surface area contributed by atoms with Crippen LogP contribution in [-0.2, 0) is 10.0 Å². The van der Waals surface area contributed by atoms with Gasteiger partial charge in [0.2, 0.25) is 0 Å². The minimum atomic E-state index is -3.54. The molecule has 0 saturated carbocycles. The van der Waals surface area contributed by atoms with E-state index in [2.05, 4.69) is 10.2 Å². The van der Waals surface area contributed by atoms with Gasteiger partial charge in [0.1, 0.15) is 0 Å². The van der Waals surface area contributed by atoms with Crippen molar-refractivity contribution in [3.05, 3.63) is 12.3 Å². The maximum atomic E-state index is 12.0. The molecule has 3 N–H and O–H groups in total. The standard InChI is InChI=1S/C8H14N4O2S2/c1-6(5-7(9)15)12(2)16(13,14)8-3-4-10-11-8/h3-4,6H,5H2,1-2H3,(H2,9,15)(H,10,11). The van der Waals surface area contributed by atoms with E-state index in [1.165, 1.54) is 23.6 Å². The number of rotatable bonds is 5. The van der Waals surface area contributed by atoms with Crippen molar-refractivity contribution in [1.82, 2.24) is 14.5 Å². The zero-order valence-electron chi connectivity index (χ0n) is 9.04. The van der Waals surface area contributed by atoms with Crippen LogP contribution >= 0.6 is 12.2 Å². The van der Waals surface area contributed by atoms with E-state index in [1.54, 1.807) is 6.92 Å². The van der Waals surface area contributed by atoms with Crippen molar-refractivity contribution in [1.29, 1.82) is 0 Å². The Labute approximate surface area is 99.9 Å². The van der Waals surface area contributed by atoms with E-state index in [0.29, 0.717) is 11.4 Å². The summed E-state index contributed by atoms with van der Waals surface area (Å²) in [7, 11) is -2.06. The van der Waals surface area contributed by atoms with Gasteiger partial charge in [0.05, 0.1) is 11.2 Å². The van der Waals surface area contributed by atoms with Crippen molar-refractivity contribution in [2.75, 3.05) is 7.05 Å². The average molecular weight is 262 g/mol. The number of nitrogens with one attached hydrogen (secondary N) is 1. The molecule has 16 heavy (non-hydrogen) atoms. The highest BCUT2D eigenvalue weighted by Crippen LogP contribution is 2.14. The van der Waals surface area contributed by atoms with Crippen LogP contribution in [0.2, 0.25) is 0 Å². The zero-order valence-corrected chi connectivity index (χ0v) is 10.7. The lowest BCUT2D eigenvalue weighted by molar-refractivity contribution is 0.395. The first-order chi connectivity index (χ1) is 7.35. The Balaban J connectivity index is 2.89. The molecule has 0 fully saturated rings. The van der Waals surface area contributed by atoms with Crippen LogP contribution in [0.4, 0.5) is 0 Å². The number of hydrogen-bond donors (Lipinski definition) is 2. The summed E-state index contributed by atoms with van der Waals surface area (Å²) in [5.41, 5.74) is 5.38. The molecule has 0 radical (unpaired) electrons. The number of sulfonamides is 1. The fourth-order valence-electron chi connectivity index (χ4n) is 1.20. The molecule has 1 rings (SSSR count). The zero-order chi connectivity index (χ0) is 12.3. The van der Waals surface area contributed by atoms with Crippen LogP contribution in [-0.4, -0.2) is 41.0 Å². The first-order valence-electron chi connectivity index (χ1n) is 4.61. The van der Waals surface area contributed by atoms with E-state index < -0.39 is 10.0 Å². The average Bonchev–Trinajstić information content (AvgIpc) is 2.68. The van der Waals surface area contributed by atoms with E-state index in [9.17, 15) is 8.42 Å². The Morgan fingerprint density at radius 1 is 1.75 bits per heavy atom. The second-order valence-corrected chi connectivity index (χ2v) is 5.95. The molecular formula is C8H14N4O2S2. The molecule has 0 saturated heterocycles. The maximum Gasteiger partial charge on any atom is 0.259 e. The summed E-state index contributed by atoms with van der Waals surface area (Å²) in [4.78, 5) is 0.291. The molecule has 90 valence electrons. The Kier molecular flexibility index (Phi) is 4.00. The van der Waals surface area contributed by atoms with Gasteiger partial charge in [-0.2, -0.15) is 9.40 Å². The van der Waals surface area contributed by atoms with Gasteiger partial charge in [-0.25, -0.2) is 8.42 Å². The number of hydrogen-bond acceptors (Lipinski definition) is 4. The monoisotopic (exact) mass is 262 g/mol. The number of nitrogens with zero attached hydrogens (tertiary/aromatic N) is 2. The number of H-pyrrole nitrogens is 1.